The third kappa shape index (κ3) is 18.9. The number of aliphatic hydroxyl groups excluding tert-OH is 2. The molecule has 0 spiro atoms. The third-order valence-corrected chi connectivity index (χ3v) is 2.10. The number of hydrogen-bond donors (Lipinski definition) is 4. The first-order valence-electron chi connectivity index (χ1n) is 6.88. The number of ether oxygens (including phenoxy) is 1. The molecular weight excluding hydrogens is 308 g/mol. The van der Waals surface area contributed by atoms with Crippen molar-refractivity contribution in [2.75, 3.05) is 13.2 Å². The molecule has 0 rings (SSSR count). The molecule has 0 saturated carbocycles. The van der Waals surface area contributed by atoms with Crippen LogP contribution in [0.1, 0.15) is 33.6 Å². The maximum Gasteiger partial charge on any atom is 0.407 e. The normalized spacial score (nSPS) is 12.6. The first-order valence-corrected chi connectivity index (χ1v) is 6.88. The van der Waals surface area contributed by atoms with E-state index >= 15 is 0 Å². The molecule has 0 aliphatic heterocycles. The summed E-state index contributed by atoms with van der Waals surface area (Å²) in [6, 6.07) is -0.431. The fourth-order valence-corrected chi connectivity index (χ4v) is 1.14. The molecule has 2 atom stereocenters. The molecule has 5 N–H and O–H groups in total. The van der Waals surface area contributed by atoms with E-state index in [1.165, 1.54) is 0 Å². The predicted octanol–water partition coefficient (Wildman–Crippen LogP) is 1.75. The average molecular weight is 339 g/mol. The molecule has 0 saturated heterocycles. The number of aliphatic hydroxyl groups is 2. The molecule has 0 radical (unpaired) electrons. The Kier molecular flexibility index (Phi) is 17.4. The molecule has 6 nitrogen and oxygen atoms in total. The number of carbonyl (C=O) groups excluding carboxylic acids is 1. The van der Waals surface area contributed by atoms with E-state index < -0.39 is 11.7 Å². The van der Waals surface area contributed by atoms with Gasteiger partial charge in [-0.3, -0.25) is 0 Å². The van der Waals surface area contributed by atoms with Crippen LogP contribution < -0.4 is 11.1 Å². The largest absolute Gasteiger partial charge is 0.444 e. The van der Waals surface area contributed by atoms with E-state index in [1.807, 2.05) is 0 Å². The number of alkyl carbamates (subject to hydrolysis) is 1. The first-order chi connectivity index (χ1) is 9.69. The summed E-state index contributed by atoms with van der Waals surface area (Å²) in [7, 11) is 0. The second-order valence-corrected chi connectivity index (χ2v) is 5.52. The Bertz CT molecular complexity index is 306. The number of halogens is 1. The van der Waals surface area contributed by atoms with Gasteiger partial charge in [0, 0.05) is 6.04 Å². The molecule has 0 aliphatic rings. The van der Waals surface area contributed by atoms with Gasteiger partial charge in [-0.05, 0) is 33.6 Å². The van der Waals surface area contributed by atoms with Crippen molar-refractivity contribution in [2.24, 2.45) is 5.73 Å². The van der Waals surface area contributed by atoms with E-state index in [1.54, 1.807) is 32.9 Å². The van der Waals surface area contributed by atoms with E-state index in [9.17, 15) is 4.79 Å². The van der Waals surface area contributed by atoms with Gasteiger partial charge in [0.05, 0.1) is 19.3 Å². The Morgan fingerprint density at radius 1 is 1.23 bits per heavy atom. The summed E-state index contributed by atoms with van der Waals surface area (Å²) in [5, 5.41) is 19.7. The van der Waals surface area contributed by atoms with Gasteiger partial charge < -0.3 is 26.0 Å². The minimum atomic E-state index is -0.516. The summed E-state index contributed by atoms with van der Waals surface area (Å²) < 4.78 is 5.02. The van der Waals surface area contributed by atoms with Crippen LogP contribution >= 0.6 is 12.4 Å². The van der Waals surface area contributed by atoms with Gasteiger partial charge in [-0.25, -0.2) is 4.79 Å². The van der Waals surface area contributed by atoms with E-state index in [-0.39, 0.29) is 37.7 Å². The summed E-state index contributed by atoms with van der Waals surface area (Å²) in [6.07, 6.45) is 4.03. The molecule has 2 unspecified atom stereocenters. The van der Waals surface area contributed by atoms with Gasteiger partial charge in [-0.1, -0.05) is 12.2 Å². The number of carbonyl (C=O) groups is 1. The SMILES string of the molecule is C=CCC(CO)NC(=O)OC(C)(C)C.C=CCC(N)CO.Cl. The van der Waals surface area contributed by atoms with Crippen LogP contribution in [-0.4, -0.2) is 47.2 Å². The lowest BCUT2D eigenvalue weighted by atomic mass is 10.2. The highest BCUT2D eigenvalue weighted by molar-refractivity contribution is 5.85. The van der Waals surface area contributed by atoms with Crippen molar-refractivity contribution in [3.63, 3.8) is 0 Å². The molecule has 0 heterocycles. The average Bonchev–Trinajstić information content (AvgIpc) is 2.37. The third-order valence-electron chi connectivity index (χ3n) is 2.10. The van der Waals surface area contributed by atoms with Crippen molar-refractivity contribution in [1.29, 1.82) is 0 Å². The van der Waals surface area contributed by atoms with Crippen molar-refractivity contribution >= 4 is 18.5 Å². The predicted molar refractivity (Wildman–Crippen MR) is 92.2 cm³/mol. The summed E-state index contributed by atoms with van der Waals surface area (Å²) in [5.41, 5.74) is 4.75. The van der Waals surface area contributed by atoms with Crippen LogP contribution in [0.2, 0.25) is 0 Å². The van der Waals surface area contributed by atoms with Crippen LogP contribution in [0.25, 0.3) is 0 Å². The highest BCUT2D eigenvalue weighted by Gasteiger charge is 2.18. The Hall–Kier alpha value is -1.08. The number of nitrogens with one attached hydrogen (secondary N) is 1. The molecule has 0 aliphatic carbocycles. The van der Waals surface area contributed by atoms with Gasteiger partial charge in [0.2, 0.25) is 0 Å². The molecule has 0 fully saturated rings. The maximum atomic E-state index is 11.2. The topological polar surface area (TPSA) is 105 Å². The van der Waals surface area contributed by atoms with Gasteiger partial charge in [-0.2, -0.15) is 0 Å². The molecule has 0 aromatic heterocycles. The van der Waals surface area contributed by atoms with Crippen LogP contribution in [0, 0.1) is 0 Å². The summed E-state index contributed by atoms with van der Waals surface area (Å²) in [6.45, 7) is 12.3. The Labute approximate surface area is 139 Å². The molecule has 1 amide bonds. The minimum Gasteiger partial charge on any atom is -0.444 e. The van der Waals surface area contributed by atoms with Gasteiger partial charge in [-0.15, -0.1) is 25.6 Å². The highest BCUT2D eigenvalue weighted by atomic mass is 35.5. The van der Waals surface area contributed by atoms with Crippen LogP contribution in [-0.2, 0) is 4.74 Å². The Morgan fingerprint density at radius 3 is 2.00 bits per heavy atom. The number of amides is 1. The standard InChI is InChI=1S/C10H19NO3.C5H11NO.ClH/c1-5-6-8(7-12)11-9(13)14-10(2,3)4;1-2-3-5(6)4-7;/h5,8,12H,1,6-7H2,2-4H3,(H,11,13);2,5,7H,1,3-4,6H2;1H. The molecule has 0 aromatic carbocycles. The molecule has 132 valence electrons. The number of rotatable bonds is 7. The van der Waals surface area contributed by atoms with Crippen molar-refractivity contribution in [2.45, 2.75) is 51.3 Å². The van der Waals surface area contributed by atoms with Crippen molar-refractivity contribution < 1.29 is 19.7 Å². The quantitative estimate of drug-likeness (QED) is 0.529. The molecule has 22 heavy (non-hydrogen) atoms. The lowest BCUT2D eigenvalue weighted by Crippen LogP contribution is -2.40. The van der Waals surface area contributed by atoms with E-state index in [4.69, 9.17) is 20.7 Å². The summed E-state index contributed by atoms with van der Waals surface area (Å²) in [4.78, 5) is 11.2. The van der Waals surface area contributed by atoms with Crippen LogP contribution in [0.3, 0.4) is 0 Å². The summed E-state index contributed by atoms with van der Waals surface area (Å²) >= 11 is 0. The molecule has 0 bridgehead atoms. The van der Waals surface area contributed by atoms with Gasteiger partial charge in [0.15, 0.2) is 0 Å². The molecular formula is C15H31ClN2O4. The molecule has 0 aromatic rings. The fraction of sp³-hybridized carbons (Fsp3) is 0.667. The van der Waals surface area contributed by atoms with Crippen LogP contribution in [0.4, 0.5) is 4.79 Å². The zero-order chi connectivity index (χ0) is 16.9. The Morgan fingerprint density at radius 2 is 1.73 bits per heavy atom. The monoisotopic (exact) mass is 338 g/mol. The van der Waals surface area contributed by atoms with E-state index in [2.05, 4.69) is 18.5 Å². The van der Waals surface area contributed by atoms with Crippen molar-refractivity contribution in [3.8, 4) is 0 Å². The first kappa shape index (κ1) is 25.9. The lowest BCUT2D eigenvalue weighted by Gasteiger charge is -2.22. The maximum absolute atomic E-state index is 11.2. The van der Waals surface area contributed by atoms with Gasteiger partial charge >= 0.3 is 6.09 Å². The van der Waals surface area contributed by atoms with Crippen molar-refractivity contribution in [1.82, 2.24) is 5.32 Å². The van der Waals surface area contributed by atoms with E-state index in [0.29, 0.717) is 12.8 Å². The number of nitrogens with two attached hydrogens (primary N) is 1. The van der Waals surface area contributed by atoms with Gasteiger partial charge in [0.1, 0.15) is 5.60 Å². The molecule has 7 heteroatoms. The van der Waals surface area contributed by atoms with Crippen LogP contribution in [0.5, 0.6) is 0 Å². The lowest BCUT2D eigenvalue weighted by molar-refractivity contribution is 0.0484. The van der Waals surface area contributed by atoms with Crippen molar-refractivity contribution in [3.05, 3.63) is 25.3 Å². The second-order valence-electron chi connectivity index (χ2n) is 5.52. The second kappa shape index (κ2) is 14.8. The number of hydrogen-bond acceptors (Lipinski definition) is 5. The smallest absolute Gasteiger partial charge is 0.407 e. The highest BCUT2D eigenvalue weighted by Crippen LogP contribution is 2.07. The fourth-order valence-electron chi connectivity index (χ4n) is 1.14. The zero-order valence-corrected chi connectivity index (χ0v) is 14.6. The zero-order valence-electron chi connectivity index (χ0n) is 13.7. The van der Waals surface area contributed by atoms with E-state index in [0.717, 1.165) is 0 Å². The van der Waals surface area contributed by atoms with Gasteiger partial charge in [0.25, 0.3) is 0 Å². The Balaban J connectivity index is -0.000000385. The minimum absolute atomic E-state index is 0. The van der Waals surface area contributed by atoms with Crippen LogP contribution in [0.15, 0.2) is 25.3 Å². The summed E-state index contributed by atoms with van der Waals surface area (Å²) in [5.74, 6) is 0.